The molecule has 0 heterocycles. The Hall–Kier alpha value is -1.26. The van der Waals surface area contributed by atoms with Gasteiger partial charge in [-0.25, -0.2) is 4.79 Å². The molecular formula is C12H24N2O3. The lowest BCUT2D eigenvalue weighted by Gasteiger charge is -2.27. The Morgan fingerprint density at radius 3 is 2.35 bits per heavy atom. The smallest absolute Gasteiger partial charge is 0.404 e. The van der Waals surface area contributed by atoms with Crippen molar-refractivity contribution in [2.45, 2.75) is 40.5 Å². The summed E-state index contributed by atoms with van der Waals surface area (Å²) in [5.41, 5.74) is -0.0615. The molecule has 1 atom stereocenters. The van der Waals surface area contributed by atoms with E-state index < -0.39 is 6.09 Å². The fraction of sp³-hybridized carbons (Fsp3) is 0.833. The van der Waals surface area contributed by atoms with Crippen molar-refractivity contribution in [2.75, 3.05) is 13.1 Å². The van der Waals surface area contributed by atoms with E-state index in [1.165, 1.54) is 6.92 Å². The van der Waals surface area contributed by atoms with Gasteiger partial charge in [0.15, 0.2) is 0 Å². The molecule has 0 aromatic rings. The number of rotatable bonds is 7. The van der Waals surface area contributed by atoms with Crippen molar-refractivity contribution < 1.29 is 14.7 Å². The Balaban J connectivity index is 3.87. The molecule has 0 fully saturated rings. The van der Waals surface area contributed by atoms with E-state index in [4.69, 9.17) is 5.11 Å². The van der Waals surface area contributed by atoms with Crippen LogP contribution in [0.15, 0.2) is 0 Å². The van der Waals surface area contributed by atoms with Crippen LogP contribution in [0.25, 0.3) is 0 Å². The summed E-state index contributed by atoms with van der Waals surface area (Å²) in [4.78, 5) is 21.1. The maximum atomic E-state index is 10.7. The molecule has 0 aliphatic heterocycles. The van der Waals surface area contributed by atoms with E-state index in [1.807, 2.05) is 13.8 Å². The summed E-state index contributed by atoms with van der Waals surface area (Å²) < 4.78 is 0. The average molecular weight is 244 g/mol. The van der Waals surface area contributed by atoms with Crippen molar-refractivity contribution >= 4 is 12.0 Å². The summed E-state index contributed by atoms with van der Waals surface area (Å²) >= 11 is 0. The highest BCUT2D eigenvalue weighted by Gasteiger charge is 2.21. The highest BCUT2D eigenvalue weighted by Crippen LogP contribution is 2.25. The normalized spacial score (nSPS) is 12.9. The molecule has 0 saturated carbocycles. The minimum Gasteiger partial charge on any atom is -0.465 e. The third-order valence-corrected chi connectivity index (χ3v) is 2.63. The molecule has 17 heavy (non-hydrogen) atoms. The van der Waals surface area contributed by atoms with Gasteiger partial charge >= 0.3 is 6.09 Å². The summed E-state index contributed by atoms with van der Waals surface area (Å²) in [6.07, 6.45) is 0.854. The van der Waals surface area contributed by atoms with Crippen molar-refractivity contribution in [2.24, 2.45) is 11.3 Å². The fourth-order valence-electron chi connectivity index (χ4n) is 1.93. The minimum atomic E-state index is -0.982. The number of carboxylic acid groups (broad SMARTS) is 1. The summed E-state index contributed by atoms with van der Waals surface area (Å²) in [6, 6.07) is 0. The molecule has 5 heteroatoms. The second kappa shape index (κ2) is 7.14. The van der Waals surface area contributed by atoms with E-state index in [1.54, 1.807) is 0 Å². The Morgan fingerprint density at radius 2 is 1.88 bits per heavy atom. The Bertz CT molecular complexity index is 264. The van der Waals surface area contributed by atoms with Crippen molar-refractivity contribution in [3.63, 3.8) is 0 Å². The van der Waals surface area contributed by atoms with E-state index >= 15 is 0 Å². The van der Waals surface area contributed by atoms with Crippen LogP contribution in [0, 0.1) is 11.3 Å². The molecule has 0 aromatic heterocycles. The van der Waals surface area contributed by atoms with Gasteiger partial charge in [-0.05, 0) is 24.2 Å². The molecule has 3 N–H and O–H groups in total. The van der Waals surface area contributed by atoms with E-state index in [0.29, 0.717) is 19.0 Å². The van der Waals surface area contributed by atoms with Gasteiger partial charge in [-0.2, -0.15) is 0 Å². The van der Waals surface area contributed by atoms with Crippen LogP contribution in [-0.2, 0) is 4.79 Å². The van der Waals surface area contributed by atoms with Crippen molar-refractivity contribution in [1.82, 2.24) is 10.6 Å². The fourth-order valence-corrected chi connectivity index (χ4v) is 1.93. The summed E-state index contributed by atoms with van der Waals surface area (Å²) in [6.45, 7) is 8.83. The summed E-state index contributed by atoms with van der Waals surface area (Å²) in [5, 5.41) is 13.7. The van der Waals surface area contributed by atoms with Gasteiger partial charge in [-0.15, -0.1) is 0 Å². The van der Waals surface area contributed by atoms with Crippen molar-refractivity contribution in [1.29, 1.82) is 0 Å². The highest BCUT2D eigenvalue weighted by molar-refractivity contribution is 5.72. The van der Waals surface area contributed by atoms with Gasteiger partial charge in [0.05, 0.1) is 0 Å². The zero-order valence-electron chi connectivity index (χ0n) is 11.2. The van der Waals surface area contributed by atoms with E-state index in [-0.39, 0.29) is 11.3 Å². The van der Waals surface area contributed by atoms with Gasteiger partial charge in [-0.1, -0.05) is 20.8 Å². The average Bonchev–Trinajstić information content (AvgIpc) is 2.13. The first kappa shape index (κ1) is 15.7. The van der Waals surface area contributed by atoms with Crippen LogP contribution >= 0.6 is 0 Å². The first-order chi connectivity index (χ1) is 7.73. The maximum absolute atomic E-state index is 10.7. The monoisotopic (exact) mass is 244 g/mol. The van der Waals surface area contributed by atoms with Crippen LogP contribution in [0.4, 0.5) is 4.79 Å². The molecule has 1 unspecified atom stereocenters. The molecule has 0 radical (unpaired) electrons. The van der Waals surface area contributed by atoms with Crippen LogP contribution in [-0.4, -0.2) is 30.2 Å². The van der Waals surface area contributed by atoms with Crippen LogP contribution < -0.4 is 10.6 Å². The molecule has 100 valence electrons. The molecule has 0 spiro atoms. The second-order valence-corrected chi connectivity index (χ2v) is 5.40. The van der Waals surface area contributed by atoms with Gasteiger partial charge in [0.2, 0.25) is 5.91 Å². The molecule has 0 rings (SSSR count). The standard InChI is InChI=1S/C12H24N2O3/c1-9(5-6-13-10(2)15)7-12(3,4)8-14-11(16)17/h9,14H,5-8H2,1-4H3,(H,13,15)(H,16,17). The third kappa shape index (κ3) is 9.66. The number of hydrogen-bond donors (Lipinski definition) is 3. The minimum absolute atomic E-state index is 0.0102. The van der Waals surface area contributed by atoms with E-state index in [0.717, 1.165) is 12.8 Å². The molecule has 0 aliphatic rings. The largest absolute Gasteiger partial charge is 0.465 e. The zero-order chi connectivity index (χ0) is 13.5. The van der Waals surface area contributed by atoms with Crippen LogP contribution in [0.1, 0.15) is 40.5 Å². The van der Waals surface area contributed by atoms with Gasteiger partial charge in [0, 0.05) is 20.0 Å². The van der Waals surface area contributed by atoms with Crippen LogP contribution in [0.2, 0.25) is 0 Å². The Morgan fingerprint density at radius 1 is 1.29 bits per heavy atom. The molecular weight excluding hydrogens is 220 g/mol. The summed E-state index contributed by atoms with van der Waals surface area (Å²) in [7, 11) is 0. The SMILES string of the molecule is CC(=O)NCCC(C)CC(C)(C)CNC(=O)O. The predicted octanol–water partition coefficient (Wildman–Crippen LogP) is 1.83. The number of hydrogen-bond acceptors (Lipinski definition) is 2. The van der Waals surface area contributed by atoms with Gasteiger partial charge in [0.25, 0.3) is 0 Å². The van der Waals surface area contributed by atoms with E-state index in [9.17, 15) is 9.59 Å². The molecule has 0 aromatic carbocycles. The number of nitrogens with one attached hydrogen (secondary N) is 2. The van der Waals surface area contributed by atoms with Gasteiger partial charge < -0.3 is 15.7 Å². The zero-order valence-corrected chi connectivity index (χ0v) is 11.2. The molecule has 0 aliphatic carbocycles. The third-order valence-electron chi connectivity index (χ3n) is 2.63. The Labute approximate surface area is 103 Å². The van der Waals surface area contributed by atoms with Crippen molar-refractivity contribution in [3.8, 4) is 0 Å². The highest BCUT2D eigenvalue weighted by atomic mass is 16.4. The Kier molecular flexibility index (Phi) is 6.61. The topological polar surface area (TPSA) is 78.4 Å². The summed E-state index contributed by atoms with van der Waals surface area (Å²) in [5.74, 6) is 0.441. The number of amides is 2. The molecule has 0 bridgehead atoms. The lowest BCUT2D eigenvalue weighted by molar-refractivity contribution is -0.119. The first-order valence-corrected chi connectivity index (χ1v) is 5.94. The quantitative estimate of drug-likeness (QED) is 0.639. The van der Waals surface area contributed by atoms with Crippen LogP contribution in [0.3, 0.4) is 0 Å². The molecule has 5 nitrogen and oxygen atoms in total. The second-order valence-electron chi connectivity index (χ2n) is 5.40. The van der Waals surface area contributed by atoms with Gasteiger partial charge in [-0.3, -0.25) is 4.79 Å². The van der Waals surface area contributed by atoms with Crippen LogP contribution in [0.5, 0.6) is 0 Å². The van der Waals surface area contributed by atoms with Crippen molar-refractivity contribution in [3.05, 3.63) is 0 Å². The van der Waals surface area contributed by atoms with E-state index in [2.05, 4.69) is 17.6 Å². The predicted molar refractivity (Wildman–Crippen MR) is 66.9 cm³/mol. The lowest BCUT2D eigenvalue weighted by Crippen LogP contribution is -2.34. The molecule has 0 saturated heterocycles. The van der Waals surface area contributed by atoms with Gasteiger partial charge in [0.1, 0.15) is 0 Å². The first-order valence-electron chi connectivity index (χ1n) is 5.94. The molecule has 2 amide bonds. The lowest BCUT2D eigenvalue weighted by atomic mass is 9.82. The maximum Gasteiger partial charge on any atom is 0.404 e. The number of carbonyl (C=O) groups excluding carboxylic acids is 1. The number of carbonyl (C=O) groups is 2.